The fourth-order valence-electron chi connectivity index (χ4n) is 3.94. The summed E-state index contributed by atoms with van der Waals surface area (Å²) in [7, 11) is 3.15. The van der Waals surface area contributed by atoms with E-state index in [1.165, 1.54) is 0 Å². The van der Waals surface area contributed by atoms with Gasteiger partial charge in [0, 0.05) is 11.6 Å². The first-order valence-corrected chi connectivity index (χ1v) is 11.8. The fraction of sp³-hybridized carbons (Fsp3) is 0.310. The van der Waals surface area contributed by atoms with E-state index in [9.17, 15) is 14.7 Å². The first kappa shape index (κ1) is 26.6. The molecule has 0 heterocycles. The van der Waals surface area contributed by atoms with Gasteiger partial charge in [-0.3, -0.25) is 4.79 Å². The number of carbonyl (C=O) groups is 2. The number of hydrogen-bond donors (Lipinski definition) is 1. The van der Waals surface area contributed by atoms with Gasteiger partial charge in [-0.2, -0.15) is 0 Å². The van der Waals surface area contributed by atoms with Crippen molar-refractivity contribution in [3.05, 3.63) is 89.0 Å². The first-order chi connectivity index (χ1) is 17.2. The van der Waals surface area contributed by atoms with Gasteiger partial charge >= 0.3 is 5.97 Å². The van der Waals surface area contributed by atoms with Crippen molar-refractivity contribution in [2.24, 2.45) is 0 Å². The van der Waals surface area contributed by atoms with Crippen LogP contribution in [0.2, 0.25) is 0 Å². The molecule has 0 bridgehead atoms. The molecule has 1 N–H and O–H groups in total. The molecule has 0 radical (unpaired) electrons. The lowest BCUT2D eigenvalue weighted by molar-refractivity contribution is -0.136. The predicted octanol–water partition coefficient (Wildman–Crippen LogP) is 5.69. The number of benzene rings is 3. The Morgan fingerprint density at radius 3 is 2.19 bits per heavy atom. The zero-order valence-corrected chi connectivity index (χ0v) is 21.4. The van der Waals surface area contributed by atoms with Crippen LogP contribution in [-0.4, -0.2) is 42.7 Å². The van der Waals surface area contributed by atoms with Gasteiger partial charge in [0.1, 0.15) is 22.8 Å². The van der Waals surface area contributed by atoms with Crippen molar-refractivity contribution in [3.8, 4) is 17.2 Å². The van der Waals surface area contributed by atoms with E-state index in [1.807, 2.05) is 69.3 Å². The number of carbonyl (C=O) groups excluding carboxylic acids is 1. The molecule has 0 aliphatic carbocycles. The van der Waals surface area contributed by atoms with E-state index in [2.05, 4.69) is 0 Å². The molecule has 0 aromatic heterocycles. The molecule has 0 aliphatic rings. The minimum atomic E-state index is -1.10. The molecular formula is C29H33NO6. The summed E-state index contributed by atoms with van der Waals surface area (Å²) in [6, 6.07) is 19.9. The molecule has 3 aromatic rings. The number of nitrogens with zero attached hydrogens (tertiary/aromatic N) is 1. The third-order valence-electron chi connectivity index (χ3n) is 6.16. The lowest BCUT2D eigenvalue weighted by atomic mass is 10.0. The summed E-state index contributed by atoms with van der Waals surface area (Å²) in [6.07, 6.45) is 0. The molecule has 0 fully saturated rings. The second-order valence-electron chi connectivity index (χ2n) is 8.79. The molecule has 7 nitrogen and oxygen atoms in total. The van der Waals surface area contributed by atoms with Gasteiger partial charge in [0.2, 0.25) is 0 Å². The van der Waals surface area contributed by atoms with Crippen molar-refractivity contribution in [1.82, 2.24) is 4.90 Å². The molecule has 0 saturated heterocycles. The Kier molecular flexibility index (Phi) is 8.95. The highest BCUT2D eigenvalue weighted by atomic mass is 16.5. The van der Waals surface area contributed by atoms with Crippen LogP contribution in [0.25, 0.3) is 0 Å². The summed E-state index contributed by atoms with van der Waals surface area (Å²) >= 11 is 0. The number of aromatic carboxylic acids is 1. The quantitative estimate of drug-likeness (QED) is 0.371. The molecule has 1 atom stereocenters. The van der Waals surface area contributed by atoms with Gasteiger partial charge in [0.25, 0.3) is 5.91 Å². The average Bonchev–Trinajstić information content (AvgIpc) is 2.90. The highest BCUT2D eigenvalue weighted by Gasteiger charge is 2.25. The normalized spacial score (nSPS) is 11.6. The molecule has 0 aliphatic heterocycles. The zero-order chi connectivity index (χ0) is 26.2. The van der Waals surface area contributed by atoms with E-state index in [0.717, 1.165) is 16.7 Å². The lowest BCUT2D eigenvalue weighted by Crippen LogP contribution is -2.36. The van der Waals surface area contributed by atoms with E-state index < -0.39 is 5.97 Å². The van der Waals surface area contributed by atoms with Gasteiger partial charge in [-0.05, 0) is 48.2 Å². The van der Waals surface area contributed by atoms with Crippen LogP contribution >= 0.6 is 0 Å². The van der Waals surface area contributed by atoms with Crippen LogP contribution in [0.15, 0.2) is 66.7 Å². The van der Waals surface area contributed by atoms with Crippen molar-refractivity contribution in [3.63, 3.8) is 0 Å². The number of rotatable bonds is 11. The van der Waals surface area contributed by atoms with Crippen LogP contribution in [-0.2, 0) is 11.3 Å². The maximum Gasteiger partial charge on any atom is 0.339 e. The van der Waals surface area contributed by atoms with E-state index >= 15 is 0 Å². The number of carboxylic acid groups (broad SMARTS) is 1. The lowest BCUT2D eigenvalue weighted by Gasteiger charge is -2.30. The van der Waals surface area contributed by atoms with Gasteiger partial charge in [-0.25, -0.2) is 4.79 Å². The standard InChI is InChI=1S/C29H33NO6/c1-19(2)22-12-14-26(25(15-22)29(32)33)36-18-28(31)30(20(3)21-9-7-6-8-10-21)17-23-11-13-24(34-4)16-27(23)35-5/h6-16,19-20H,17-18H2,1-5H3,(H,32,33)/t20-/m0/s1. The molecule has 1 amide bonds. The van der Waals surface area contributed by atoms with Crippen molar-refractivity contribution in [2.45, 2.75) is 39.3 Å². The maximum atomic E-state index is 13.5. The Balaban J connectivity index is 1.89. The van der Waals surface area contributed by atoms with Crippen LogP contribution < -0.4 is 14.2 Å². The summed E-state index contributed by atoms with van der Waals surface area (Å²) in [6.45, 7) is 5.88. The Morgan fingerprint density at radius 2 is 1.58 bits per heavy atom. The monoisotopic (exact) mass is 491 g/mol. The highest BCUT2D eigenvalue weighted by Crippen LogP contribution is 2.30. The van der Waals surface area contributed by atoms with Gasteiger partial charge in [-0.15, -0.1) is 0 Å². The molecular weight excluding hydrogens is 458 g/mol. The minimum absolute atomic E-state index is 0.0356. The Morgan fingerprint density at radius 1 is 0.861 bits per heavy atom. The van der Waals surface area contributed by atoms with E-state index in [4.69, 9.17) is 14.2 Å². The Hall–Kier alpha value is -4.00. The number of methoxy groups -OCH3 is 2. The third-order valence-corrected chi connectivity index (χ3v) is 6.16. The van der Waals surface area contributed by atoms with Crippen molar-refractivity contribution in [2.75, 3.05) is 20.8 Å². The van der Waals surface area contributed by atoms with E-state index in [-0.39, 0.29) is 42.3 Å². The van der Waals surface area contributed by atoms with Crippen molar-refractivity contribution in [1.29, 1.82) is 0 Å². The SMILES string of the molecule is COc1ccc(CN(C(=O)COc2ccc(C(C)C)cc2C(=O)O)[C@@H](C)c2ccccc2)c(OC)c1. The topological polar surface area (TPSA) is 85.3 Å². The van der Waals surface area contributed by atoms with E-state index in [0.29, 0.717) is 11.5 Å². The van der Waals surface area contributed by atoms with Crippen LogP contribution in [0.3, 0.4) is 0 Å². The average molecular weight is 492 g/mol. The largest absolute Gasteiger partial charge is 0.497 e. The summed E-state index contributed by atoms with van der Waals surface area (Å²) in [5.41, 5.74) is 2.69. The fourth-order valence-corrected chi connectivity index (χ4v) is 3.94. The molecule has 0 saturated carbocycles. The number of ether oxygens (including phenoxy) is 3. The molecule has 190 valence electrons. The summed E-state index contributed by atoms with van der Waals surface area (Å²) in [4.78, 5) is 27.0. The van der Waals surface area contributed by atoms with Crippen LogP contribution in [0.5, 0.6) is 17.2 Å². The van der Waals surface area contributed by atoms with Crippen LogP contribution in [0, 0.1) is 0 Å². The van der Waals surface area contributed by atoms with Gasteiger partial charge < -0.3 is 24.2 Å². The Bertz CT molecular complexity index is 1190. The number of hydrogen-bond acceptors (Lipinski definition) is 5. The van der Waals surface area contributed by atoms with Gasteiger partial charge in [0.05, 0.1) is 26.8 Å². The maximum absolute atomic E-state index is 13.5. The highest BCUT2D eigenvalue weighted by molar-refractivity contribution is 5.91. The third kappa shape index (κ3) is 6.36. The molecule has 36 heavy (non-hydrogen) atoms. The molecule has 3 aromatic carbocycles. The van der Waals surface area contributed by atoms with E-state index in [1.54, 1.807) is 37.3 Å². The first-order valence-electron chi connectivity index (χ1n) is 11.8. The smallest absolute Gasteiger partial charge is 0.339 e. The molecule has 0 unspecified atom stereocenters. The second kappa shape index (κ2) is 12.1. The molecule has 0 spiro atoms. The van der Waals surface area contributed by atoms with Crippen LogP contribution in [0.1, 0.15) is 59.8 Å². The molecule has 7 heteroatoms. The second-order valence-corrected chi connectivity index (χ2v) is 8.79. The zero-order valence-electron chi connectivity index (χ0n) is 21.4. The van der Waals surface area contributed by atoms with Crippen LogP contribution in [0.4, 0.5) is 0 Å². The summed E-state index contributed by atoms with van der Waals surface area (Å²) in [5, 5.41) is 9.68. The summed E-state index contributed by atoms with van der Waals surface area (Å²) in [5.74, 6) is 0.200. The van der Waals surface area contributed by atoms with Crippen molar-refractivity contribution >= 4 is 11.9 Å². The van der Waals surface area contributed by atoms with Crippen molar-refractivity contribution < 1.29 is 28.9 Å². The summed E-state index contributed by atoms with van der Waals surface area (Å²) < 4.78 is 16.6. The Labute approximate surface area is 212 Å². The van der Waals surface area contributed by atoms with Gasteiger partial charge in [0.15, 0.2) is 6.61 Å². The minimum Gasteiger partial charge on any atom is -0.497 e. The number of carboxylic acids is 1. The number of amides is 1. The van der Waals surface area contributed by atoms with Gasteiger partial charge in [-0.1, -0.05) is 50.2 Å². The molecule has 3 rings (SSSR count). The predicted molar refractivity (Wildman–Crippen MR) is 138 cm³/mol.